The molecule has 92 valence electrons. The Morgan fingerprint density at radius 2 is 1.56 bits per heavy atom. The Morgan fingerprint density at radius 3 is 2.11 bits per heavy atom. The van der Waals surface area contributed by atoms with Crippen LogP contribution in [0.15, 0.2) is 48.1 Å². The van der Waals surface area contributed by atoms with Crippen molar-refractivity contribution in [1.82, 2.24) is 0 Å². The summed E-state index contributed by atoms with van der Waals surface area (Å²) in [6.45, 7) is 3.94. The van der Waals surface area contributed by atoms with Crippen LogP contribution in [-0.4, -0.2) is 16.7 Å². The molecule has 0 atom stereocenters. The van der Waals surface area contributed by atoms with E-state index in [0.717, 1.165) is 11.1 Å². The van der Waals surface area contributed by atoms with Gasteiger partial charge in [-0.3, -0.25) is 9.59 Å². The molecule has 18 heavy (non-hydrogen) atoms. The first-order valence-electron chi connectivity index (χ1n) is 5.69. The number of hydrogen-bond acceptors (Lipinski definition) is 3. The molecule has 3 heteroatoms. The van der Waals surface area contributed by atoms with Gasteiger partial charge >= 0.3 is 0 Å². The quantitative estimate of drug-likeness (QED) is 0.639. The molecule has 1 aromatic carbocycles. The van der Waals surface area contributed by atoms with Crippen molar-refractivity contribution in [2.45, 2.75) is 19.3 Å². The van der Waals surface area contributed by atoms with E-state index >= 15 is 0 Å². The van der Waals surface area contributed by atoms with Crippen LogP contribution < -0.4 is 0 Å². The van der Waals surface area contributed by atoms with Crippen LogP contribution in [-0.2, 0) is 15.0 Å². The van der Waals surface area contributed by atoms with Gasteiger partial charge in [-0.25, -0.2) is 0 Å². The maximum absolute atomic E-state index is 11.4. The van der Waals surface area contributed by atoms with Gasteiger partial charge in [0.1, 0.15) is 5.75 Å². The highest BCUT2D eigenvalue weighted by Gasteiger charge is 2.27. The minimum atomic E-state index is -0.487. The summed E-state index contributed by atoms with van der Waals surface area (Å²) < 4.78 is 0. The van der Waals surface area contributed by atoms with Crippen LogP contribution in [0.5, 0.6) is 5.75 Å². The summed E-state index contributed by atoms with van der Waals surface area (Å²) in [5.41, 5.74) is 1.37. The zero-order valence-corrected chi connectivity index (χ0v) is 10.3. The second kappa shape index (κ2) is 4.26. The van der Waals surface area contributed by atoms with Crippen molar-refractivity contribution >= 4 is 11.6 Å². The Labute approximate surface area is 105 Å². The highest BCUT2D eigenvalue weighted by Crippen LogP contribution is 2.34. The van der Waals surface area contributed by atoms with Crippen molar-refractivity contribution in [2.24, 2.45) is 0 Å². The molecule has 1 aromatic rings. The maximum atomic E-state index is 11.4. The van der Waals surface area contributed by atoms with E-state index in [9.17, 15) is 14.7 Å². The van der Waals surface area contributed by atoms with Gasteiger partial charge in [0.25, 0.3) is 0 Å². The van der Waals surface area contributed by atoms with E-state index in [1.807, 2.05) is 26.0 Å². The van der Waals surface area contributed by atoms with Gasteiger partial charge in [-0.1, -0.05) is 32.1 Å². The molecule has 0 spiro atoms. The summed E-state index contributed by atoms with van der Waals surface area (Å²) >= 11 is 0. The van der Waals surface area contributed by atoms with Crippen LogP contribution >= 0.6 is 0 Å². The number of benzene rings is 1. The molecule has 0 aliphatic heterocycles. The van der Waals surface area contributed by atoms with Crippen LogP contribution in [0.1, 0.15) is 19.4 Å². The largest absolute Gasteiger partial charge is 0.508 e. The minimum Gasteiger partial charge on any atom is -0.508 e. The van der Waals surface area contributed by atoms with Crippen LogP contribution in [0.25, 0.3) is 0 Å². The fraction of sp³-hybridized carbons (Fsp3) is 0.200. The molecule has 0 fully saturated rings. The lowest BCUT2D eigenvalue weighted by Crippen LogP contribution is -2.24. The topological polar surface area (TPSA) is 54.4 Å². The first-order chi connectivity index (χ1) is 8.41. The molecule has 0 radical (unpaired) electrons. The van der Waals surface area contributed by atoms with Crippen molar-refractivity contribution in [2.75, 3.05) is 0 Å². The summed E-state index contributed by atoms with van der Waals surface area (Å²) in [5.74, 6) is -0.770. The molecule has 0 saturated heterocycles. The molecular formula is C15H14O3. The van der Waals surface area contributed by atoms with Gasteiger partial charge in [0.2, 0.25) is 11.6 Å². The van der Waals surface area contributed by atoms with Gasteiger partial charge < -0.3 is 5.11 Å². The van der Waals surface area contributed by atoms with Crippen molar-refractivity contribution in [3.63, 3.8) is 0 Å². The number of aromatic hydroxyl groups is 1. The van der Waals surface area contributed by atoms with E-state index in [1.165, 1.54) is 12.2 Å². The fourth-order valence-electron chi connectivity index (χ4n) is 1.94. The second-order valence-corrected chi connectivity index (χ2v) is 4.83. The normalized spacial score (nSPS) is 15.8. The Morgan fingerprint density at radius 1 is 0.944 bits per heavy atom. The van der Waals surface area contributed by atoms with Crippen molar-refractivity contribution in [3.05, 3.63) is 53.6 Å². The summed E-state index contributed by atoms with van der Waals surface area (Å²) in [6.07, 6.45) is 4.37. The van der Waals surface area contributed by atoms with Gasteiger partial charge in [0.05, 0.1) is 0 Å². The third-order valence-corrected chi connectivity index (χ3v) is 3.25. The van der Waals surface area contributed by atoms with Crippen LogP contribution in [0.2, 0.25) is 0 Å². The van der Waals surface area contributed by atoms with E-state index < -0.39 is 11.6 Å². The molecule has 0 heterocycles. The Hall–Kier alpha value is -2.16. The predicted octanol–water partition coefficient (Wildman–Crippen LogP) is 2.30. The molecular weight excluding hydrogens is 228 g/mol. The lowest BCUT2D eigenvalue weighted by Gasteiger charge is -2.28. The predicted molar refractivity (Wildman–Crippen MR) is 68.4 cm³/mol. The van der Waals surface area contributed by atoms with Crippen LogP contribution in [0, 0.1) is 0 Å². The fourth-order valence-corrected chi connectivity index (χ4v) is 1.94. The zero-order chi connectivity index (χ0) is 13.3. The summed E-state index contributed by atoms with van der Waals surface area (Å²) in [4.78, 5) is 22.6. The van der Waals surface area contributed by atoms with Gasteiger partial charge in [-0.05, 0) is 35.4 Å². The number of carbonyl (C=O) groups is 2. The molecule has 0 amide bonds. The number of allylic oxidation sites excluding steroid dienone is 4. The highest BCUT2D eigenvalue weighted by atomic mass is 16.3. The molecule has 1 aliphatic rings. The number of phenolic OH excluding ortho intramolecular Hbond substituents is 1. The van der Waals surface area contributed by atoms with Crippen molar-refractivity contribution in [3.8, 4) is 5.75 Å². The minimum absolute atomic E-state index is 0.203. The number of phenols is 1. The third-order valence-electron chi connectivity index (χ3n) is 3.25. The van der Waals surface area contributed by atoms with E-state index in [2.05, 4.69) is 0 Å². The zero-order valence-electron chi connectivity index (χ0n) is 10.3. The smallest absolute Gasteiger partial charge is 0.226 e. The van der Waals surface area contributed by atoms with E-state index in [4.69, 9.17) is 0 Å². The average Bonchev–Trinajstić information content (AvgIpc) is 2.33. The van der Waals surface area contributed by atoms with Crippen molar-refractivity contribution < 1.29 is 14.7 Å². The molecule has 0 bridgehead atoms. The van der Waals surface area contributed by atoms with E-state index in [1.54, 1.807) is 18.2 Å². The van der Waals surface area contributed by atoms with Gasteiger partial charge in [0, 0.05) is 5.41 Å². The summed E-state index contributed by atoms with van der Waals surface area (Å²) in [5, 5.41) is 9.28. The molecule has 1 aliphatic carbocycles. The lowest BCUT2D eigenvalue weighted by molar-refractivity contribution is -0.131. The Kier molecular flexibility index (Phi) is 2.91. The van der Waals surface area contributed by atoms with E-state index in [-0.39, 0.29) is 11.2 Å². The Balaban J connectivity index is 2.40. The molecule has 1 N–H and O–H groups in total. The SMILES string of the molecule is CC(C)(C1=CC(=O)C(=O)C=C1)c1ccc(O)cc1. The first kappa shape index (κ1) is 12.3. The van der Waals surface area contributed by atoms with Gasteiger partial charge in [-0.15, -0.1) is 0 Å². The van der Waals surface area contributed by atoms with E-state index in [0.29, 0.717) is 0 Å². The van der Waals surface area contributed by atoms with Crippen LogP contribution in [0.4, 0.5) is 0 Å². The number of rotatable bonds is 2. The third kappa shape index (κ3) is 2.12. The van der Waals surface area contributed by atoms with Gasteiger partial charge in [0.15, 0.2) is 0 Å². The second-order valence-electron chi connectivity index (χ2n) is 4.83. The number of carbonyl (C=O) groups excluding carboxylic acids is 2. The molecule has 0 aromatic heterocycles. The molecule has 2 rings (SSSR count). The molecule has 0 unspecified atom stereocenters. The Bertz CT molecular complexity index is 560. The monoisotopic (exact) mass is 242 g/mol. The first-order valence-corrected chi connectivity index (χ1v) is 5.69. The summed E-state index contributed by atoms with van der Waals surface area (Å²) in [7, 11) is 0. The maximum Gasteiger partial charge on any atom is 0.226 e. The summed E-state index contributed by atoms with van der Waals surface area (Å²) in [6, 6.07) is 6.84. The molecule has 0 saturated carbocycles. The average molecular weight is 242 g/mol. The van der Waals surface area contributed by atoms with Crippen molar-refractivity contribution in [1.29, 1.82) is 0 Å². The number of ketones is 2. The molecule has 3 nitrogen and oxygen atoms in total. The lowest BCUT2D eigenvalue weighted by atomic mass is 9.75. The van der Waals surface area contributed by atoms with Gasteiger partial charge in [-0.2, -0.15) is 0 Å². The number of hydrogen-bond donors (Lipinski definition) is 1. The van der Waals surface area contributed by atoms with Crippen LogP contribution in [0.3, 0.4) is 0 Å². The highest BCUT2D eigenvalue weighted by molar-refractivity contribution is 6.46. The standard InChI is InChI=1S/C15H14O3/c1-15(2,10-3-6-12(16)7-4-10)11-5-8-13(17)14(18)9-11/h3-9,16H,1-2H3.